The van der Waals surface area contributed by atoms with E-state index in [4.69, 9.17) is 9.47 Å². The van der Waals surface area contributed by atoms with Gasteiger partial charge in [0, 0.05) is 5.56 Å². The highest BCUT2D eigenvalue weighted by Crippen LogP contribution is 2.36. The molecule has 0 aliphatic rings. The van der Waals surface area contributed by atoms with Crippen LogP contribution in [0.1, 0.15) is 28.4 Å². The predicted molar refractivity (Wildman–Crippen MR) is 89.1 cm³/mol. The average molecular weight is 329 g/mol. The second kappa shape index (κ2) is 7.14. The summed E-state index contributed by atoms with van der Waals surface area (Å²) >= 11 is 0. The van der Waals surface area contributed by atoms with Gasteiger partial charge in [-0.1, -0.05) is 24.3 Å². The summed E-state index contributed by atoms with van der Waals surface area (Å²) in [6, 6.07) is 11.7. The summed E-state index contributed by atoms with van der Waals surface area (Å²) < 4.78 is 9.85. The molecular formula is C18H19NO5. The SMILES string of the molecule is COC(=O)c1cccc(C(C)(O)c2ccc(OC)cc2)c1NC=O. The van der Waals surface area contributed by atoms with Crippen LogP contribution in [0.5, 0.6) is 5.75 Å². The van der Waals surface area contributed by atoms with E-state index >= 15 is 0 Å². The quantitative estimate of drug-likeness (QED) is 0.627. The molecule has 6 nitrogen and oxygen atoms in total. The van der Waals surface area contributed by atoms with E-state index in [0.29, 0.717) is 23.3 Å². The summed E-state index contributed by atoms with van der Waals surface area (Å²) in [4.78, 5) is 22.9. The van der Waals surface area contributed by atoms with Crippen molar-refractivity contribution in [1.82, 2.24) is 0 Å². The van der Waals surface area contributed by atoms with Crippen LogP contribution in [0.25, 0.3) is 0 Å². The Bertz CT molecular complexity index is 738. The van der Waals surface area contributed by atoms with Crippen LogP contribution in [0.15, 0.2) is 42.5 Å². The molecule has 0 aliphatic heterocycles. The van der Waals surface area contributed by atoms with Crippen molar-refractivity contribution in [2.24, 2.45) is 0 Å². The molecule has 0 radical (unpaired) electrons. The first-order valence-electron chi connectivity index (χ1n) is 7.24. The number of carbonyl (C=O) groups excluding carboxylic acids is 2. The first-order chi connectivity index (χ1) is 11.5. The molecule has 2 rings (SSSR count). The molecule has 0 aromatic heterocycles. The number of benzene rings is 2. The molecule has 0 bridgehead atoms. The highest BCUT2D eigenvalue weighted by atomic mass is 16.5. The lowest BCUT2D eigenvalue weighted by molar-refractivity contribution is -0.105. The molecule has 126 valence electrons. The fourth-order valence-electron chi connectivity index (χ4n) is 2.52. The van der Waals surface area contributed by atoms with E-state index in [0.717, 1.165) is 0 Å². The van der Waals surface area contributed by atoms with Crippen molar-refractivity contribution >= 4 is 18.1 Å². The van der Waals surface area contributed by atoms with E-state index in [1.165, 1.54) is 13.2 Å². The van der Waals surface area contributed by atoms with Gasteiger partial charge in [-0.15, -0.1) is 0 Å². The minimum absolute atomic E-state index is 0.163. The van der Waals surface area contributed by atoms with Crippen molar-refractivity contribution in [3.05, 3.63) is 59.2 Å². The maximum Gasteiger partial charge on any atom is 0.339 e. The molecule has 0 spiro atoms. The molecule has 0 saturated heterocycles. The predicted octanol–water partition coefficient (Wildman–Crippen LogP) is 2.31. The molecule has 1 atom stereocenters. The van der Waals surface area contributed by atoms with Crippen LogP contribution in [0.3, 0.4) is 0 Å². The lowest BCUT2D eigenvalue weighted by Gasteiger charge is -2.27. The van der Waals surface area contributed by atoms with Gasteiger partial charge >= 0.3 is 5.97 Å². The van der Waals surface area contributed by atoms with Crippen LogP contribution in [0.2, 0.25) is 0 Å². The fraction of sp³-hybridized carbons (Fsp3) is 0.222. The monoisotopic (exact) mass is 329 g/mol. The summed E-state index contributed by atoms with van der Waals surface area (Å²) in [6.45, 7) is 1.58. The van der Waals surface area contributed by atoms with Crippen LogP contribution in [-0.2, 0) is 15.1 Å². The van der Waals surface area contributed by atoms with E-state index in [1.54, 1.807) is 50.4 Å². The van der Waals surface area contributed by atoms with E-state index in [1.807, 2.05) is 0 Å². The number of amides is 1. The molecule has 2 N–H and O–H groups in total. The third kappa shape index (κ3) is 3.23. The number of aliphatic hydroxyl groups is 1. The van der Waals surface area contributed by atoms with E-state index in [9.17, 15) is 14.7 Å². The summed E-state index contributed by atoms with van der Waals surface area (Å²) in [5.41, 5.74) is -0.111. The smallest absolute Gasteiger partial charge is 0.339 e. The Balaban J connectivity index is 2.59. The molecule has 2 aromatic carbocycles. The summed E-state index contributed by atoms with van der Waals surface area (Å²) in [7, 11) is 2.81. The first kappa shape index (κ1) is 17.5. The Morgan fingerprint density at radius 1 is 1.17 bits per heavy atom. The van der Waals surface area contributed by atoms with Crippen LogP contribution in [-0.4, -0.2) is 31.7 Å². The number of para-hydroxylation sites is 1. The van der Waals surface area contributed by atoms with Gasteiger partial charge in [-0.25, -0.2) is 4.79 Å². The lowest BCUT2D eigenvalue weighted by Crippen LogP contribution is -2.25. The van der Waals surface area contributed by atoms with Gasteiger partial charge in [0.2, 0.25) is 6.41 Å². The third-order valence-electron chi connectivity index (χ3n) is 3.85. The highest BCUT2D eigenvalue weighted by Gasteiger charge is 2.30. The third-order valence-corrected chi connectivity index (χ3v) is 3.85. The molecule has 0 saturated carbocycles. The zero-order valence-electron chi connectivity index (χ0n) is 13.7. The molecule has 0 heterocycles. The first-order valence-corrected chi connectivity index (χ1v) is 7.24. The van der Waals surface area contributed by atoms with E-state index in [-0.39, 0.29) is 11.3 Å². The Morgan fingerprint density at radius 3 is 2.38 bits per heavy atom. The zero-order valence-corrected chi connectivity index (χ0v) is 13.7. The number of anilines is 1. The number of hydrogen-bond acceptors (Lipinski definition) is 5. The number of nitrogens with one attached hydrogen (secondary N) is 1. The number of methoxy groups -OCH3 is 2. The summed E-state index contributed by atoms with van der Waals surface area (Å²) in [5, 5.41) is 13.6. The maximum atomic E-state index is 11.9. The number of ether oxygens (including phenoxy) is 2. The van der Waals surface area contributed by atoms with Gasteiger partial charge in [0.25, 0.3) is 0 Å². The van der Waals surface area contributed by atoms with Crippen LogP contribution >= 0.6 is 0 Å². The molecule has 1 amide bonds. The minimum Gasteiger partial charge on any atom is -0.497 e. The minimum atomic E-state index is -1.44. The van der Waals surface area contributed by atoms with Gasteiger partial charge in [-0.3, -0.25) is 4.79 Å². The van der Waals surface area contributed by atoms with Gasteiger partial charge in [0.05, 0.1) is 25.5 Å². The van der Waals surface area contributed by atoms with Crippen LogP contribution in [0.4, 0.5) is 5.69 Å². The van der Waals surface area contributed by atoms with E-state index in [2.05, 4.69) is 5.32 Å². The standard InChI is InChI=1S/C18H19NO5/c1-18(22,12-7-9-13(23-2)10-8-12)15-6-4-5-14(17(21)24-3)16(15)19-11-20/h4-11,22H,1-3H3,(H,19,20). The fourth-order valence-corrected chi connectivity index (χ4v) is 2.52. The Labute approximate surface area is 140 Å². The summed E-state index contributed by atoms with van der Waals surface area (Å²) in [5.74, 6) is 0.0517. The second-order valence-corrected chi connectivity index (χ2v) is 5.28. The lowest BCUT2D eigenvalue weighted by atomic mass is 9.85. The highest BCUT2D eigenvalue weighted by molar-refractivity contribution is 5.99. The average Bonchev–Trinajstić information content (AvgIpc) is 2.61. The molecule has 0 aliphatic carbocycles. The molecule has 2 aromatic rings. The molecule has 0 fully saturated rings. The number of esters is 1. The Kier molecular flexibility index (Phi) is 5.21. The van der Waals surface area contributed by atoms with Crippen molar-refractivity contribution in [3.8, 4) is 5.75 Å². The van der Waals surface area contributed by atoms with Crippen molar-refractivity contribution in [3.63, 3.8) is 0 Å². The molecule has 24 heavy (non-hydrogen) atoms. The normalized spacial score (nSPS) is 12.8. The van der Waals surface area contributed by atoms with E-state index < -0.39 is 11.6 Å². The number of hydrogen-bond donors (Lipinski definition) is 2. The van der Waals surface area contributed by atoms with Crippen LogP contribution < -0.4 is 10.1 Å². The van der Waals surface area contributed by atoms with Crippen molar-refractivity contribution in [1.29, 1.82) is 0 Å². The van der Waals surface area contributed by atoms with Gasteiger partial charge in [-0.05, 0) is 30.7 Å². The molecule has 1 unspecified atom stereocenters. The molecular weight excluding hydrogens is 310 g/mol. The maximum absolute atomic E-state index is 11.9. The van der Waals surface area contributed by atoms with Crippen molar-refractivity contribution in [2.75, 3.05) is 19.5 Å². The zero-order chi connectivity index (χ0) is 17.7. The van der Waals surface area contributed by atoms with Gasteiger partial charge in [0.1, 0.15) is 11.4 Å². The number of rotatable bonds is 6. The van der Waals surface area contributed by atoms with Crippen molar-refractivity contribution < 1.29 is 24.2 Å². The largest absolute Gasteiger partial charge is 0.497 e. The van der Waals surface area contributed by atoms with Gasteiger partial charge < -0.3 is 19.9 Å². The second-order valence-electron chi connectivity index (χ2n) is 5.28. The van der Waals surface area contributed by atoms with Gasteiger partial charge in [0.15, 0.2) is 0 Å². The Hall–Kier alpha value is -2.86. The molecule has 6 heteroatoms. The number of carbonyl (C=O) groups is 2. The summed E-state index contributed by atoms with van der Waals surface area (Å²) in [6.07, 6.45) is 0.454. The van der Waals surface area contributed by atoms with Crippen molar-refractivity contribution in [2.45, 2.75) is 12.5 Å². The Morgan fingerprint density at radius 2 is 1.83 bits per heavy atom. The van der Waals surface area contributed by atoms with Crippen LogP contribution in [0, 0.1) is 0 Å². The van der Waals surface area contributed by atoms with Gasteiger partial charge in [-0.2, -0.15) is 0 Å². The topological polar surface area (TPSA) is 84.9 Å².